The Balaban J connectivity index is 1.28. The van der Waals surface area contributed by atoms with Gasteiger partial charge in [0.25, 0.3) is 0 Å². The Morgan fingerprint density at radius 2 is 2.03 bits per heavy atom. The first kappa shape index (κ1) is 17.1. The second-order valence-electron chi connectivity index (χ2n) is 9.29. The molecule has 2 fully saturated rings. The van der Waals surface area contributed by atoms with E-state index in [0.29, 0.717) is 18.3 Å². The van der Waals surface area contributed by atoms with E-state index in [1.165, 1.54) is 0 Å². The van der Waals surface area contributed by atoms with Gasteiger partial charge in [-0.1, -0.05) is 18.2 Å². The van der Waals surface area contributed by atoms with Gasteiger partial charge in [-0.15, -0.1) is 0 Å². The van der Waals surface area contributed by atoms with Gasteiger partial charge in [0.05, 0.1) is 18.6 Å². The Hall–Kier alpha value is -2.80. The lowest BCUT2D eigenvalue weighted by Crippen LogP contribution is -2.66. The Kier molecular flexibility index (Phi) is 3.32. The van der Waals surface area contributed by atoms with Gasteiger partial charge in [0.1, 0.15) is 5.78 Å². The third-order valence-corrected chi connectivity index (χ3v) is 6.70. The average Bonchev–Trinajstić information content (AvgIpc) is 3.11. The summed E-state index contributed by atoms with van der Waals surface area (Å²) in [4.78, 5) is 23.9. The maximum absolute atomic E-state index is 12.3. The van der Waals surface area contributed by atoms with Gasteiger partial charge in [-0.3, -0.25) is 4.79 Å². The van der Waals surface area contributed by atoms with Crippen molar-refractivity contribution < 1.29 is 9.53 Å². The summed E-state index contributed by atoms with van der Waals surface area (Å²) in [5, 5.41) is 4.66. The van der Waals surface area contributed by atoms with Gasteiger partial charge in [-0.25, -0.2) is 14.5 Å². The van der Waals surface area contributed by atoms with Crippen LogP contribution in [0.15, 0.2) is 30.6 Å². The zero-order valence-corrected chi connectivity index (χ0v) is 16.7. The van der Waals surface area contributed by atoms with Crippen LogP contribution in [0.3, 0.4) is 0 Å². The number of ketones is 1. The van der Waals surface area contributed by atoms with Crippen molar-refractivity contribution in [2.45, 2.75) is 32.1 Å². The Morgan fingerprint density at radius 3 is 2.79 bits per heavy atom. The van der Waals surface area contributed by atoms with Crippen molar-refractivity contribution in [1.82, 2.24) is 19.6 Å². The third-order valence-electron chi connectivity index (χ3n) is 6.70. The summed E-state index contributed by atoms with van der Waals surface area (Å²) in [7, 11) is 0. The minimum Gasteiger partial charge on any atom is -0.380 e. The normalized spacial score (nSPS) is 21.3. The van der Waals surface area contributed by atoms with Crippen molar-refractivity contribution in [1.29, 1.82) is 0 Å². The SMILES string of the molecule is CC1(C)C(=O)Cc2cc(Cc3nc4c(N5CC6(COC6)C5)nccn4n3)ccc21. The molecule has 3 aromatic rings. The number of carbonyl (C=O) groups is 1. The molecule has 7 nitrogen and oxygen atoms in total. The Labute approximate surface area is 168 Å². The molecule has 0 saturated carbocycles. The number of ether oxygens (including phenoxy) is 1. The molecule has 7 heteroatoms. The lowest BCUT2D eigenvalue weighted by Gasteiger charge is -2.55. The van der Waals surface area contributed by atoms with Crippen LogP contribution in [0.5, 0.6) is 0 Å². The summed E-state index contributed by atoms with van der Waals surface area (Å²) in [5.41, 5.74) is 4.16. The number of Topliss-reactive ketones (excluding diaryl/α,β-unsaturated/α-hetero) is 1. The van der Waals surface area contributed by atoms with Gasteiger partial charge in [0, 0.05) is 43.7 Å². The van der Waals surface area contributed by atoms with Gasteiger partial charge >= 0.3 is 0 Å². The molecule has 2 aliphatic heterocycles. The van der Waals surface area contributed by atoms with E-state index in [0.717, 1.165) is 60.3 Å². The highest BCUT2D eigenvalue weighted by Crippen LogP contribution is 2.40. The van der Waals surface area contributed by atoms with Gasteiger partial charge in [0.2, 0.25) is 0 Å². The molecule has 6 rings (SSSR count). The van der Waals surface area contributed by atoms with Crippen LogP contribution in [-0.4, -0.2) is 51.7 Å². The lowest BCUT2D eigenvalue weighted by molar-refractivity contribution is -0.127. The maximum Gasteiger partial charge on any atom is 0.198 e. The highest BCUT2D eigenvalue weighted by molar-refractivity contribution is 5.95. The van der Waals surface area contributed by atoms with E-state index in [4.69, 9.17) is 9.72 Å². The minimum atomic E-state index is -0.379. The second-order valence-corrected chi connectivity index (χ2v) is 9.29. The number of nitrogens with zero attached hydrogens (tertiary/aromatic N) is 5. The van der Waals surface area contributed by atoms with E-state index in [2.05, 4.69) is 33.2 Å². The average molecular weight is 389 g/mol. The fourth-order valence-electron chi connectivity index (χ4n) is 4.87. The molecule has 1 spiro atoms. The standard InChI is InChI=1S/C22H23N5O2/c1-21(2)16-4-3-14(7-15(16)9-17(21)28)8-18-24-20-19(23-5-6-27(20)25-18)26-10-22(11-26)12-29-13-22/h3-7H,8-13H2,1-2H3. The van der Waals surface area contributed by atoms with Crippen molar-refractivity contribution >= 4 is 17.2 Å². The molecule has 148 valence electrons. The molecular formula is C22H23N5O2. The molecule has 0 bridgehead atoms. The van der Waals surface area contributed by atoms with Crippen LogP contribution in [0.1, 0.15) is 36.4 Å². The van der Waals surface area contributed by atoms with E-state index in [-0.39, 0.29) is 11.2 Å². The highest BCUT2D eigenvalue weighted by atomic mass is 16.5. The number of benzene rings is 1. The fraction of sp³-hybridized carbons (Fsp3) is 0.455. The lowest BCUT2D eigenvalue weighted by atomic mass is 9.78. The van der Waals surface area contributed by atoms with Gasteiger partial charge < -0.3 is 9.64 Å². The van der Waals surface area contributed by atoms with Crippen molar-refractivity contribution in [3.8, 4) is 0 Å². The van der Waals surface area contributed by atoms with Gasteiger partial charge in [-0.2, -0.15) is 5.10 Å². The molecule has 4 heterocycles. The molecule has 0 N–H and O–H groups in total. The van der Waals surface area contributed by atoms with E-state index in [1.54, 1.807) is 6.20 Å². The van der Waals surface area contributed by atoms with Crippen LogP contribution in [0.4, 0.5) is 5.82 Å². The topological polar surface area (TPSA) is 72.6 Å². The van der Waals surface area contributed by atoms with E-state index < -0.39 is 0 Å². The maximum atomic E-state index is 12.3. The summed E-state index contributed by atoms with van der Waals surface area (Å²) in [6.45, 7) is 7.65. The summed E-state index contributed by atoms with van der Waals surface area (Å²) in [5.74, 6) is 1.95. The summed E-state index contributed by atoms with van der Waals surface area (Å²) < 4.78 is 7.19. The number of rotatable bonds is 3. The molecule has 0 radical (unpaired) electrons. The molecule has 0 amide bonds. The smallest absolute Gasteiger partial charge is 0.198 e. The first-order chi connectivity index (χ1) is 13.9. The van der Waals surface area contributed by atoms with Crippen LogP contribution < -0.4 is 4.90 Å². The highest BCUT2D eigenvalue weighted by Gasteiger charge is 2.50. The Bertz CT molecular complexity index is 1150. The summed E-state index contributed by atoms with van der Waals surface area (Å²) in [6, 6.07) is 6.33. The quantitative estimate of drug-likeness (QED) is 0.682. The van der Waals surface area contributed by atoms with E-state index in [1.807, 2.05) is 24.6 Å². The molecule has 3 aliphatic rings. The zero-order chi connectivity index (χ0) is 19.8. The number of aromatic nitrogens is 4. The van der Waals surface area contributed by atoms with Crippen molar-refractivity contribution in [3.63, 3.8) is 0 Å². The predicted molar refractivity (Wildman–Crippen MR) is 107 cm³/mol. The molecule has 1 aliphatic carbocycles. The number of carbonyl (C=O) groups excluding carboxylic acids is 1. The third kappa shape index (κ3) is 2.46. The molecule has 2 aromatic heterocycles. The van der Waals surface area contributed by atoms with Crippen LogP contribution in [0.25, 0.3) is 5.65 Å². The molecular weight excluding hydrogens is 366 g/mol. The van der Waals surface area contributed by atoms with E-state index >= 15 is 0 Å². The van der Waals surface area contributed by atoms with Crippen LogP contribution in [-0.2, 0) is 27.8 Å². The number of anilines is 1. The second kappa shape index (κ2) is 5.63. The molecule has 0 atom stereocenters. The van der Waals surface area contributed by atoms with Crippen molar-refractivity contribution in [2.24, 2.45) is 5.41 Å². The van der Waals surface area contributed by atoms with E-state index in [9.17, 15) is 4.79 Å². The largest absolute Gasteiger partial charge is 0.380 e. The van der Waals surface area contributed by atoms with Crippen LogP contribution in [0.2, 0.25) is 0 Å². The number of hydrogen-bond acceptors (Lipinski definition) is 6. The molecule has 29 heavy (non-hydrogen) atoms. The predicted octanol–water partition coefficient (Wildman–Crippen LogP) is 1.95. The molecule has 1 aromatic carbocycles. The molecule has 0 unspecified atom stereocenters. The minimum absolute atomic E-state index is 0.287. The Morgan fingerprint density at radius 1 is 1.21 bits per heavy atom. The molecule has 2 saturated heterocycles. The monoisotopic (exact) mass is 389 g/mol. The zero-order valence-electron chi connectivity index (χ0n) is 16.7. The fourth-order valence-corrected chi connectivity index (χ4v) is 4.87. The first-order valence-electron chi connectivity index (χ1n) is 10.1. The van der Waals surface area contributed by atoms with Gasteiger partial charge in [-0.05, 0) is 30.5 Å². The van der Waals surface area contributed by atoms with Crippen molar-refractivity contribution in [3.05, 3.63) is 53.1 Å². The van der Waals surface area contributed by atoms with Gasteiger partial charge in [0.15, 0.2) is 17.3 Å². The van der Waals surface area contributed by atoms with Crippen LogP contribution in [0, 0.1) is 5.41 Å². The van der Waals surface area contributed by atoms with Crippen molar-refractivity contribution in [2.75, 3.05) is 31.2 Å². The first-order valence-corrected chi connectivity index (χ1v) is 10.1. The summed E-state index contributed by atoms with van der Waals surface area (Å²) in [6.07, 6.45) is 4.79. The van der Waals surface area contributed by atoms with Crippen LogP contribution >= 0.6 is 0 Å². The number of hydrogen-bond donors (Lipinski definition) is 0. The number of fused-ring (bicyclic) bond motifs is 2. The summed E-state index contributed by atoms with van der Waals surface area (Å²) >= 11 is 0.